The van der Waals surface area contributed by atoms with Gasteiger partial charge in [0.05, 0.1) is 22.7 Å². The first-order valence-corrected chi connectivity index (χ1v) is 17.9. The van der Waals surface area contributed by atoms with Crippen LogP contribution in [0, 0.1) is 22.7 Å². The van der Waals surface area contributed by atoms with Crippen molar-refractivity contribution in [2.24, 2.45) is 22.7 Å². The fourth-order valence-electron chi connectivity index (χ4n) is 12.8. The first-order valence-electron chi connectivity index (χ1n) is 17.9. The molecule has 0 unspecified atom stereocenters. The lowest BCUT2D eigenvalue weighted by molar-refractivity contribution is -0.210. The minimum absolute atomic E-state index is 0.00997. The van der Waals surface area contributed by atoms with E-state index in [2.05, 4.69) is 24.5 Å². The van der Waals surface area contributed by atoms with Gasteiger partial charge in [-0.2, -0.15) is 0 Å². The normalized spacial score (nSPS) is 42.4. The third kappa shape index (κ3) is 3.02. The van der Waals surface area contributed by atoms with Crippen LogP contribution in [0.15, 0.2) is 48.5 Å². The lowest BCUT2D eigenvalue weighted by atomic mass is 9.61. The smallest absolute Gasteiger partial charge is 0.228 e. The Morgan fingerprint density at radius 1 is 0.667 bits per heavy atom. The Labute approximate surface area is 280 Å². The van der Waals surface area contributed by atoms with Crippen LogP contribution in [0.1, 0.15) is 89.2 Å². The zero-order chi connectivity index (χ0) is 33.5. The number of amides is 4. The maximum Gasteiger partial charge on any atom is 0.228 e. The van der Waals surface area contributed by atoms with Gasteiger partial charge in [0.2, 0.25) is 23.6 Å². The number of rotatable bonds is 2. The number of nitrogens with one attached hydrogen (secondary N) is 2. The van der Waals surface area contributed by atoms with E-state index in [1.807, 2.05) is 48.5 Å². The molecular weight excluding hydrogens is 608 g/mol. The number of hydrogen-bond acceptors (Lipinski definition) is 6. The maximum absolute atomic E-state index is 12.9. The molecule has 10 nitrogen and oxygen atoms in total. The molecule has 10 rings (SSSR count). The van der Waals surface area contributed by atoms with Crippen molar-refractivity contribution in [2.75, 3.05) is 23.7 Å². The highest BCUT2D eigenvalue weighted by Crippen LogP contribution is 2.74. The Balaban J connectivity index is 0.000000131. The lowest BCUT2D eigenvalue weighted by Crippen LogP contribution is -2.66. The molecule has 6 fully saturated rings. The fraction of sp³-hybridized carbons (Fsp3) is 0.579. The monoisotopic (exact) mass is 652 g/mol. The van der Waals surface area contributed by atoms with Gasteiger partial charge in [-0.25, -0.2) is 0 Å². The second kappa shape index (κ2) is 9.47. The zero-order valence-corrected chi connectivity index (χ0v) is 27.7. The van der Waals surface area contributed by atoms with Crippen LogP contribution in [0.5, 0.6) is 0 Å². The molecular formula is C38H44N4O6. The Morgan fingerprint density at radius 2 is 1.06 bits per heavy atom. The van der Waals surface area contributed by atoms with Gasteiger partial charge in [0.1, 0.15) is 0 Å². The van der Waals surface area contributed by atoms with E-state index in [-0.39, 0.29) is 48.3 Å². The highest BCUT2D eigenvalue weighted by molar-refractivity contribution is 6.02. The summed E-state index contributed by atoms with van der Waals surface area (Å²) in [4.78, 5) is 55.0. The van der Waals surface area contributed by atoms with Crippen LogP contribution in [0.25, 0.3) is 0 Å². The molecule has 6 aliphatic heterocycles. The number of piperidine rings is 2. The minimum Gasteiger partial charge on any atom is -0.369 e. The minimum atomic E-state index is -1.25. The number of carbonyl (C=O) groups excluding carboxylic acids is 4. The van der Waals surface area contributed by atoms with Gasteiger partial charge in [-0.05, 0) is 74.6 Å². The average molecular weight is 653 g/mol. The van der Waals surface area contributed by atoms with Crippen molar-refractivity contribution < 1.29 is 29.4 Å². The third-order valence-electron chi connectivity index (χ3n) is 14.7. The van der Waals surface area contributed by atoms with Gasteiger partial charge in [-0.1, -0.05) is 50.2 Å². The number of fused-ring (bicyclic) bond motifs is 2. The third-order valence-corrected chi connectivity index (χ3v) is 14.7. The van der Waals surface area contributed by atoms with Crippen molar-refractivity contribution in [3.63, 3.8) is 0 Å². The molecule has 2 spiro atoms. The summed E-state index contributed by atoms with van der Waals surface area (Å²) in [6.45, 7) is 5.35. The van der Waals surface area contributed by atoms with Gasteiger partial charge >= 0.3 is 0 Å². The van der Waals surface area contributed by atoms with Crippen LogP contribution in [0.4, 0.5) is 11.4 Å². The van der Waals surface area contributed by atoms with E-state index in [9.17, 15) is 29.4 Å². The summed E-state index contributed by atoms with van der Waals surface area (Å²) in [6.07, 6.45) is 6.88. The van der Waals surface area contributed by atoms with Crippen LogP contribution < -0.4 is 10.6 Å². The molecule has 2 aromatic rings. The van der Waals surface area contributed by atoms with Gasteiger partial charge < -0.3 is 30.6 Å². The van der Waals surface area contributed by atoms with Gasteiger partial charge in [0.25, 0.3) is 0 Å². The van der Waals surface area contributed by atoms with E-state index in [0.717, 1.165) is 61.0 Å². The topological polar surface area (TPSA) is 139 Å². The molecule has 4 amide bonds. The largest absolute Gasteiger partial charge is 0.369 e. The molecule has 252 valence electrons. The number of carbonyl (C=O) groups is 4. The molecule has 8 aliphatic rings. The lowest BCUT2D eigenvalue weighted by Gasteiger charge is -2.54. The quantitative estimate of drug-likeness (QED) is 0.387. The van der Waals surface area contributed by atoms with Crippen LogP contribution in [0.3, 0.4) is 0 Å². The summed E-state index contributed by atoms with van der Waals surface area (Å²) >= 11 is 0. The molecule has 4 N–H and O–H groups in total. The molecule has 4 saturated heterocycles. The Kier molecular flexibility index (Phi) is 5.98. The maximum atomic E-state index is 12.9. The average Bonchev–Trinajstić information content (AvgIpc) is 3.66. The first-order chi connectivity index (χ1) is 23.0. The number of para-hydroxylation sites is 2. The van der Waals surface area contributed by atoms with Crippen molar-refractivity contribution in [1.82, 2.24) is 9.80 Å². The highest BCUT2D eigenvalue weighted by Gasteiger charge is 2.82. The molecule has 6 heterocycles. The SMILES string of the molecule is CC[C@@]12CCCN3C(=O)C[C@]4(c5ccccc5NC(=O)[C@H]4C1)[C@]32O.CC[C@@]12CCCN3C(=O)C[C@]4(c5ccccc5NC(=O)[C@H]4C1)[C@]32O. The standard InChI is InChI=1S/2C19H22N2O3/c2*1-2-17-8-5-9-21-15(22)11-18(19(17,21)24)12-6-3-4-7-14(12)20-16(23)13(18)10-17/h2*3-4,6-7,13,24H,2,5,8-11H2,1H3,(H,20,23)/t2*13-,17-,18-,19+/m11/s1. The second-order valence-electron chi connectivity index (χ2n) is 15.8. The number of nitrogens with zero attached hydrogens (tertiary/aromatic N) is 2. The number of hydrogen-bond donors (Lipinski definition) is 4. The van der Waals surface area contributed by atoms with Crippen LogP contribution in [-0.2, 0) is 30.0 Å². The van der Waals surface area contributed by atoms with E-state index in [1.54, 1.807) is 9.80 Å². The summed E-state index contributed by atoms with van der Waals surface area (Å²) in [5.41, 5.74) is -1.52. The predicted octanol–water partition coefficient (Wildman–Crippen LogP) is 4.02. The van der Waals surface area contributed by atoms with E-state index in [0.29, 0.717) is 25.9 Å². The summed E-state index contributed by atoms with van der Waals surface area (Å²) in [5, 5.41) is 30.2. The van der Waals surface area contributed by atoms with Gasteiger partial charge in [-0.3, -0.25) is 19.2 Å². The van der Waals surface area contributed by atoms with Gasteiger partial charge in [0.15, 0.2) is 11.4 Å². The summed E-state index contributed by atoms with van der Waals surface area (Å²) < 4.78 is 0. The van der Waals surface area contributed by atoms with Gasteiger partial charge in [-0.15, -0.1) is 0 Å². The molecule has 0 radical (unpaired) electrons. The van der Waals surface area contributed by atoms with Gasteiger partial charge in [0, 0.05) is 48.1 Å². The number of aliphatic hydroxyl groups is 2. The summed E-state index contributed by atoms with van der Waals surface area (Å²) in [5.74, 6) is -0.791. The Morgan fingerprint density at radius 3 is 1.46 bits per heavy atom. The van der Waals surface area contributed by atoms with Crippen molar-refractivity contribution in [1.29, 1.82) is 0 Å². The van der Waals surface area contributed by atoms with E-state index >= 15 is 0 Å². The molecule has 10 heteroatoms. The Bertz CT molecular complexity index is 1680. The van der Waals surface area contributed by atoms with E-state index in [1.165, 1.54) is 0 Å². The van der Waals surface area contributed by atoms with Crippen molar-refractivity contribution in [3.8, 4) is 0 Å². The molecule has 2 aromatic carbocycles. The molecule has 8 atom stereocenters. The second-order valence-corrected chi connectivity index (χ2v) is 15.8. The van der Waals surface area contributed by atoms with Crippen molar-refractivity contribution in [2.45, 2.75) is 100 Å². The Hall–Kier alpha value is -3.76. The molecule has 0 bridgehead atoms. The predicted molar refractivity (Wildman–Crippen MR) is 176 cm³/mol. The highest BCUT2D eigenvalue weighted by atomic mass is 16.3. The van der Waals surface area contributed by atoms with Crippen molar-refractivity contribution in [3.05, 3.63) is 59.7 Å². The number of benzene rings is 2. The molecule has 2 saturated carbocycles. The zero-order valence-electron chi connectivity index (χ0n) is 27.7. The molecule has 0 aromatic heterocycles. The number of anilines is 2. The van der Waals surface area contributed by atoms with E-state index < -0.39 is 33.1 Å². The van der Waals surface area contributed by atoms with Crippen LogP contribution in [-0.4, -0.2) is 68.2 Å². The fourth-order valence-corrected chi connectivity index (χ4v) is 12.8. The molecule has 2 aliphatic carbocycles. The molecule has 48 heavy (non-hydrogen) atoms. The summed E-state index contributed by atoms with van der Waals surface area (Å²) in [7, 11) is 0. The van der Waals surface area contributed by atoms with Crippen LogP contribution >= 0.6 is 0 Å². The summed E-state index contributed by atoms with van der Waals surface area (Å²) in [6, 6.07) is 15.4. The van der Waals surface area contributed by atoms with Crippen molar-refractivity contribution >= 4 is 35.0 Å². The first kappa shape index (κ1) is 30.3. The van der Waals surface area contributed by atoms with E-state index in [4.69, 9.17) is 0 Å². The van der Waals surface area contributed by atoms with Crippen LogP contribution in [0.2, 0.25) is 0 Å².